The maximum absolute atomic E-state index is 12.5. The van der Waals surface area contributed by atoms with Gasteiger partial charge in [0.25, 0.3) is 0 Å². The van der Waals surface area contributed by atoms with Crippen LogP contribution in [0.2, 0.25) is 0 Å². The molecule has 1 aliphatic rings. The Morgan fingerprint density at radius 2 is 1.79 bits per heavy atom. The van der Waals surface area contributed by atoms with Crippen molar-refractivity contribution in [1.29, 1.82) is 0 Å². The van der Waals surface area contributed by atoms with E-state index in [2.05, 4.69) is 20.6 Å². The number of ether oxygens (including phenoxy) is 1. The second-order valence-corrected chi connectivity index (χ2v) is 7.79. The molecule has 9 heteroatoms. The molecular weight excluding hydrogens is 443 g/mol. The summed E-state index contributed by atoms with van der Waals surface area (Å²) in [6.07, 6.45) is -0.931. The number of rotatable bonds is 7. The van der Waals surface area contributed by atoms with Crippen molar-refractivity contribution >= 4 is 17.3 Å². The van der Waals surface area contributed by atoms with Gasteiger partial charge in [-0.15, -0.1) is 0 Å². The Morgan fingerprint density at radius 1 is 1.06 bits per heavy atom. The van der Waals surface area contributed by atoms with E-state index in [0.29, 0.717) is 23.8 Å². The van der Waals surface area contributed by atoms with E-state index in [4.69, 9.17) is 10.5 Å². The van der Waals surface area contributed by atoms with Crippen molar-refractivity contribution in [1.82, 2.24) is 10.3 Å². The lowest BCUT2D eigenvalue weighted by Crippen LogP contribution is -2.33. The van der Waals surface area contributed by atoms with Gasteiger partial charge in [0.15, 0.2) is 12.6 Å². The number of pyridine rings is 1. The van der Waals surface area contributed by atoms with Crippen LogP contribution >= 0.6 is 0 Å². The lowest BCUT2D eigenvalue weighted by atomic mass is 10.0. The molecule has 4 rings (SSSR count). The monoisotopic (exact) mass is 467 g/mol. The Morgan fingerprint density at radius 3 is 2.50 bits per heavy atom. The second kappa shape index (κ2) is 9.86. The van der Waals surface area contributed by atoms with E-state index < -0.39 is 12.8 Å². The third kappa shape index (κ3) is 5.86. The number of hydrogen-bond donors (Lipinski definition) is 3. The zero-order chi connectivity index (χ0) is 24.1. The van der Waals surface area contributed by atoms with Crippen LogP contribution in [-0.4, -0.2) is 23.7 Å². The Balaban J connectivity index is 1.42. The number of nitrogens with zero attached hydrogens (tertiary/aromatic N) is 2. The molecule has 6 nitrogen and oxygen atoms in total. The van der Waals surface area contributed by atoms with Crippen molar-refractivity contribution in [2.45, 2.75) is 25.7 Å². The van der Waals surface area contributed by atoms with E-state index in [1.807, 2.05) is 60.7 Å². The van der Waals surface area contributed by atoms with Crippen LogP contribution in [0.5, 0.6) is 5.75 Å². The van der Waals surface area contributed by atoms with Crippen molar-refractivity contribution < 1.29 is 17.9 Å². The molecule has 1 unspecified atom stereocenters. The molecule has 3 aromatic rings. The van der Waals surface area contributed by atoms with Crippen LogP contribution in [-0.2, 0) is 6.54 Å². The molecule has 1 aromatic heterocycles. The molecule has 0 bridgehead atoms. The van der Waals surface area contributed by atoms with Gasteiger partial charge < -0.3 is 21.1 Å². The predicted molar refractivity (Wildman–Crippen MR) is 126 cm³/mol. The minimum Gasteiger partial charge on any atom is -0.484 e. The molecule has 2 aromatic carbocycles. The number of nitrogens with two attached hydrogens (primary N) is 1. The number of aromatic nitrogens is 1. The molecule has 0 fully saturated rings. The molecule has 4 N–H and O–H groups in total. The molecule has 0 spiro atoms. The van der Waals surface area contributed by atoms with Crippen molar-refractivity contribution in [3.05, 3.63) is 95.3 Å². The fraction of sp³-hybridized carbons (Fsp3) is 0.200. The van der Waals surface area contributed by atoms with Gasteiger partial charge in [-0.2, -0.15) is 13.2 Å². The van der Waals surface area contributed by atoms with Crippen molar-refractivity contribution in [2.75, 3.05) is 11.9 Å². The average molecular weight is 467 g/mol. The summed E-state index contributed by atoms with van der Waals surface area (Å²) in [6, 6.07) is 18.9. The molecule has 0 aliphatic carbocycles. The third-order valence-electron chi connectivity index (χ3n) is 5.31. The van der Waals surface area contributed by atoms with Gasteiger partial charge in [0.05, 0.1) is 18.3 Å². The van der Waals surface area contributed by atoms with Crippen LogP contribution in [0.3, 0.4) is 0 Å². The van der Waals surface area contributed by atoms with Crippen LogP contribution < -0.4 is 21.1 Å². The van der Waals surface area contributed by atoms with E-state index in [1.54, 1.807) is 6.92 Å². The topological polar surface area (TPSA) is 84.6 Å². The van der Waals surface area contributed by atoms with E-state index >= 15 is 0 Å². The maximum atomic E-state index is 12.5. The predicted octanol–water partition coefficient (Wildman–Crippen LogP) is 4.94. The summed E-state index contributed by atoms with van der Waals surface area (Å²) in [4.78, 5) is 8.73. The van der Waals surface area contributed by atoms with E-state index in [-0.39, 0.29) is 11.8 Å². The summed E-state index contributed by atoms with van der Waals surface area (Å²) >= 11 is 0. The summed E-state index contributed by atoms with van der Waals surface area (Å²) in [6.45, 7) is 0.691. The second-order valence-electron chi connectivity index (χ2n) is 7.79. The normalized spacial score (nSPS) is 15.7. The number of guanidine groups is 1. The Kier molecular flexibility index (Phi) is 6.72. The first kappa shape index (κ1) is 23.2. The zero-order valence-electron chi connectivity index (χ0n) is 18.4. The lowest BCUT2D eigenvalue weighted by molar-refractivity contribution is -0.153. The van der Waals surface area contributed by atoms with E-state index in [9.17, 15) is 13.2 Å². The third-order valence-corrected chi connectivity index (χ3v) is 5.31. The highest BCUT2D eigenvalue weighted by atomic mass is 19.4. The van der Waals surface area contributed by atoms with Gasteiger partial charge >= 0.3 is 6.18 Å². The summed E-state index contributed by atoms with van der Waals surface area (Å²) in [5.74, 6) is 0.518. The number of anilines is 1. The molecule has 34 heavy (non-hydrogen) atoms. The number of nitrogens with one attached hydrogen (secondary N) is 2. The molecule has 0 saturated heterocycles. The maximum Gasteiger partial charge on any atom is 0.422 e. The van der Waals surface area contributed by atoms with Crippen LogP contribution in [0.15, 0.2) is 77.9 Å². The number of aliphatic imine (C=N–C) groups is 1. The first-order chi connectivity index (χ1) is 16.3. The van der Waals surface area contributed by atoms with Crippen molar-refractivity contribution in [3.8, 4) is 5.75 Å². The minimum atomic E-state index is -4.39. The first-order valence-corrected chi connectivity index (χ1v) is 10.6. The fourth-order valence-electron chi connectivity index (χ4n) is 3.55. The largest absolute Gasteiger partial charge is 0.484 e. The molecule has 2 heterocycles. The lowest BCUT2D eigenvalue weighted by Gasteiger charge is -2.21. The molecular formula is C25H24F3N5O. The van der Waals surface area contributed by atoms with Gasteiger partial charge in [0.2, 0.25) is 0 Å². The Bertz CT molecular complexity index is 1190. The van der Waals surface area contributed by atoms with E-state index in [1.165, 1.54) is 12.3 Å². The highest BCUT2D eigenvalue weighted by molar-refractivity contribution is 5.90. The van der Waals surface area contributed by atoms with Gasteiger partial charge in [0, 0.05) is 23.1 Å². The van der Waals surface area contributed by atoms with Gasteiger partial charge in [-0.1, -0.05) is 42.5 Å². The smallest absolute Gasteiger partial charge is 0.422 e. The van der Waals surface area contributed by atoms with Gasteiger partial charge in [0.1, 0.15) is 5.75 Å². The molecule has 176 valence electrons. The first-order valence-electron chi connectivity index (χ1n) is 10.6. The molecule has 1 aliphatic heterocycles. The molecule has 1 atom stereocenters. The Labute approximate surface area is 195 Å². The van der Waals surface area contributed by atoms with Gasteiger partial charge in [-0.05, 0) is 42.3 Å². The quantitative estimate of drug-likeness (QED) is 0.458. The summed E-state index contributed by atoms with van der Waals surface area (Å²) < 4.78 is 42.3. The molecule has 0 radical (unpaired) electrons. The number of benzene rings is 2. The van der Waals surface area contributed by atoms with Gasteiger partial charge in [-0.25, -0.2) is 4.99 Å². The van der Waals surface area contributed by atoms with Crippen molar-refractivity contribution in [3.63, 3.8) is 0 Å². The summed E-state index contributed by atoms with van der Waals surface area (Å²) in [5.41, 5.74) is 10.9. The molecule has 0 amide bonds. The van der Waals surface area contributed by atoms with Crippen LogP contribution in [0.25, 0.3) is 5.70 Å². The average Bonchev–Trinajstić information content (AvgIpc) is 2.82. The summed E-state index contributed by atoms with van der Waals surface area (Å²) in [7, 11) is 0. The van der Waals surface area contributed by atoms with Crippen molar-refractivity contribution in [2.24, 2.45) is 10.7 Å². The zero-order valence-corrected chi connectivity index (χ0v) is 18.4. The van der Waals surface area contributed by atoms with Crippen LogP contribution in [0.1, 0.15) is 28.4 Å². The van der Waals surface area contributed by atoms with Crippen LogP contribution in [0.4, 0.5) is 18.9 Å². The van der Waals surface area contributed by atoms with E-state index in [0.717, 1.165) is 22.5 Å². The minimum absolute atomic E-state index is 0.169. The van der Waals surface area contributed by atoms with Gasteiger partial charge in [-0.3, -0.25) is 4.98 Å². The number of alkyl halides is 3. The SMILES string of the molecule is Cc1c(OCC(F)(F)F)ccnc1CNc1ccc(C2=CC(c3ccccc3)N=C(N)N2)cc1. The summed E-state index contributed by atoms with van der Waals surface area (Å²) in [5, 5.41) is 6.36. The highest BCUT2D eigenvalue weighted by Crippen LogP contribution is 2.27. The standard InChI is InChI=1S/C25H24F3N5O/c1-16-22(30-12-11-23(16)34-15-25(26,27)28)14-31-19-9-7-18(8-10-19)21-13-20(32-24(29)33-21)17-5-3-2-4-6-17/h2-13,20,31H,14-15H2,1H3,(H3,29,32,33). The number of hydrogen-bond acceptors (Lipinski definition) is 6. The van der Waals surface area contributed by atoms with Crippen LogP contribution in [0, 0.1) is 6.92 Å². The number of halogens is 3. The fourth-order valence-corrected chi connectivity index (χ4v) is 3.55. The Hall–Kier alpha value is -4.01. The molecule has 0 saturated carbocycles. The highest BCUT2D eigenvalue weighted by Gasteiger charge is 2.28.